The number of nitrogens with one attached hydrogen (secondary N) is 1. The molecule has 0 radical (unpaired) electrons. The molecule has 1 N–H and O–H groups in total. The topological polar surface area (TPSA) is 58.6 Å². The molecular formula is C22H26ClIN2O3. The molecular weight excluding hydrogens is 503 g/mol. The standard InChI is InChI=1S/C22H26ClIN2O3/c1-4-15(2)25-22(28)16(3)26(13-17-5-7-18(23)8-6-17)21(27)14-29-20-11-9-19(24)10-12-20/h5-12,15-16H,4,13-14H2,1-3H3,(H,25,28)/t15-,16+/m0/s1. The Balaban J connectivity index is 2.13. The summed E-state index contributed by atoms with van der Waals surface area (Å²) in [6.07, 6.45) is 0.819. The first-order valence-electron chi connectivity index (χ1n) is 9.52. The van der Waals surface area contributed by atoms with Gasteiger partial charge in [-0.25, -0.2) is 0 Å². The molecule has 5 nitrogen and oxygen atoms in total. The number of halogens is 2. The van der Waals surface area contributed by atoms with Crippen LogP contribution in [0.15, 0.2) is 48.5 Å². The van der Waals surface area contributed by atoms with Gasteiger partial charge in [0.05, 0.1) is 0 Å². The van der Waals surface area contributed by atoms with Crippen LogP contribution < -0.4 is 10.1 Å². The van der Waals surface area contributed by atoms with Crippen molar-refractivity contribution >= 4 is 46.0 Å². The van der Waals surface area contributed by atoms with E-state index in [0.29, 0.717) is 17.3 Å². The molecule has 0 aromatic heterocycles. The molecule has 2 atom stereocenters. The largest absolute Gasteiger partial charge is 0.484 e. The average molecular weight is 529 g/mol. The zero-order chi connectivity index (χ0) is 21.4. The smallest absolute Gasteiger partial charge is 0.261 e. The highest BCUT2D eigenvalue weighted by molar-refractivity contribution is 14.1. The van der Waals surface area contributed by atoms with E-state index in [2.05, 4.69) is 27.9 Å². The third-order valence-corrected chi connectivity index (χ3v) is 5.58. The van der Waals surface area contributed by atoms with Crippen LogP contribution in [-0.2, 0) is 16.1 Å². The van der Waals surface area contributed by atoms with Crippen LogP contribution in [0.4, 0.5) is 0 Å². The van der Waals surface area contributed by atoms with E-state index in [9.17, 15) is 9.59 Å². The minimum absolute atomic E-state index is 0.0421. The zero-order valence-electron chi connectivity index (χ0n) is 16.8. The second-order valence-corrected chi connectivity index (χ2v) is 8.57. The normalized spacial score (nSPS) is 12.7. The van der Waals surface area contributed by atoms with Gasteiger partial charge >= 0.3 is 0 Å². The lowest BCUT2D eigenvalue weighted by atomic mass is 10.1. The number of nitrogens with zero attached hydrogens (tertiary/aromatic N) is 1. The summed E-state index contributed by atoms with van der Waals surface area (Å²) in [5.74, 6) is 0.170. The number of rotatable bonds is 9. The fraction of sp³-hybridized carbons (Fsp3) is 0.364. The molecule has 156 valence electrons. The Morgan fingerprint density at radius 1 is 1.10 bits per heavy atom. The Morgan fingerprint density at radius 3 is 2.31 bits per heavy atom. The molecule has 2 aromatic rings. The fourth-order valence-corrected chi connectivity index (χ4v) is 3.08. The van der Waals surface area contributed by atoms with Gasteiger partial charge in [-0.15, -0.1) is 0 Å². The minimum atomic E-state index is -0.632. The highest BCUT2D eigenvalue weighted by Crippen LogP contribution is 2.16. The summed E-state index contributed by atoms with van der Waals surface area (Å²) in [5.41, 5.74) is 0.889. The summed E-state index contributed by atoms with van der Waals surface area (Å²) in [6.45, 7) is 5.82. The second kappa shape index (κ2) is 11.4. The van der Waals surface area contributed by atoms with Crippen molar-refractivity contribution in [3.8, 4) is 5.75 Å². The number of benzene rings is 2. The molecule has 7 heteroatoms. The van der Waals surface area contributed by atoms with Gasteiger partial charge in [-0.2, -0.15) is 0 Å². The first-order chi connectivity index (χ1) is 13.8. The molecule has 0 bridgehead atoms. The van der Waals surface area contributed by atoms with Crippen molar-refractivity contribution in [1.82, 2.24) is 10.2 Å². The summed E-state index contributed by atoms with van der Waals surface area (Å²) in [6, 6.07) is 14.1. The monoisotopic (exact) mass is 528 g/mol. The summed E-state index contributed by atoms with van der Waals surface area (Å²) < 4.78 is 6.73. The molecule has 0 heterocycles. The lowest BCUT2D eigenvalue weighted by Gasteiger charge is -2.29. The first kappa shape index (κ1) is 23.5. The van der Waals surface area contributed by atoms with Gasteiger partial charge in [-0.3, -0.25) is 9.59 Å². The summed E-state index contributed by atoms with van der Waals surface area (Å²) in [4.78, 5) is 27.1. The van der Waals surface area contributed by atoms with Crippen molar-refractivity contribution in [2.75, 3.05) is 6.61 Å². The van der Waals surface area contributed by atoms with Gasteiger partial charge in [-0.1, -0.05) is 30.7 Å². The van der Waals surface area contributed by atoms with Gasteiger partial charge in [0.25, 0.3) is 5.91 Å². The molecule has 0 fully saturated rings. The Labute approximate surface area is 190 Å². The second-order valence-electron chi connectivity index (χ2n) is 6.88. The van der Waals surface area contributed by atoms with E-state index in [4.69, 9.17) is 16.3 Å². The number of ether oxygens (including phenoxy) is 1. The van der Waals surface area contributed by atoms with Gasteiger partial charge in [-0.05, 0) is 84.8 Å². The Morgan fingerprint density at radius 2 is 1.72 bits per heavy atom. The van der Waals surface area contributed by atoms with Crippen molar-refractivity contribution in [2.45, 2.75) is 45.8 Å². The summed E-state index contributed by atoms with van der Waals surface area (Å²) in [5, 5.41) is 3.57. The van der Waals surface area contributed by atoms with E-state index in [1.54, 1.807) is 19.1 Å². The quantitative estimate of drug-likeness (QED) is 0.482. The maximum absolute atomic E-state index is 12.9. The van der Waals surface area contributed by atoms with Crippen LogP contribution >= 0.6 is 34.2 Å². The summed E-state index contributed by atoms with van der Waals surface area (Å²) >= 11 is 8.17. The van der Waals surface area contributed by atoms with Crippen molar-refractivity contribution in [3.63, 3.8) is 0 Å². The Bertz CT molecular complexity index is 812. The molecule has 2 amide bonds. The average Bonchev–Trinajstić information content (AvgIpc) is 2.72. The molecule has 0 aliphatic rings. The van der Waals surface area contributed by atoms with Gasteiger partial charge in [0.1, 0.15) is 11.8 Å². The van der Waals surface area contributed by atoms with E-state index < -0.39 is 6.04 Å². The molecule has 0 saturated carbocycles. The molecule has 29 heavy (non-hydrogen) atoms. The van der Waals surface area contributed by atoms with E-state index in [1.807, 2.05) is 50.2 Å². The Hall–Kier alpha value is -1.80. The Kier molecular flexibility index (Phi) is 9.23. The van der Waals surface area contributed by atoms with Crippen molar-refractivity contribution in [3.05, 3.63) is 62.7 Å². The maximum atomic E-state index is 12.9. The van der Waals surface area contributed by atoms with E-state index >= 15 is 0 Å². The summed E-state index contributed by atoms with van der Waals surface area (Å²) in [7, 11) is 0. The van der Waals surface area contributed by atoms with Crippen LogP contribution in [0.1, 0.15) is 32.8 Å². The third-order valence-electron chi connectivity index (χ3n) is 4.61. The van der Waals surface area contributed by atoms with Crippen LogP contribution in [0.25, 0.3) is 0 Å². The third kappa shape index (κ3) is 7.51. The van der Waals surface area contributed by atoms with Gasteiger partial charge in [0.15, 0.2) is 6.61 Å². The van der Waals surface area contributed by atoms with Crippen molar-refractivity contribution in [2.24, 2.45) is 0 Å². The van der Waals surface area contributed by atoms with E-state index in [0.717, 1.165) is 15.6 Å². The van der Waals surface area contributed by atoms with Crippen LogP contribution in [0, 0.1) is 3.57 Å². The highest BCUT2D eigenvalue weighted by atomic mass is 127. The number of carbonyl (C=O) groups is 2. The number of hydrogen-bond donors (Lipinski definition) is 1. The predicted molar refractivity (Wildman–Crippen MR) is 124 cm³/mol. The van der Waals surface area contributed by atoms with Crippen molar-refractivity contribution in [1.29, 1.82) is 0 Å². The maximum Gasteiger partial charge on any atom is 0.261 e. The zero-order valence-corrected chi connectivity index (χ0v) is 19.7. The molecule has 2 rings (SSSR count). The highest BCUT2D eigenvalue weighted by Gasteiger charge is 2.27. The lowest BCUT2D eigenvalue weighted by molar-refractivity contribution is -0.142. The van der Waals surface area contributed by atoms with Gasteiger partial charge < -0.3 is 15.0 Å². The molecule has 0 saturated heterocycles. The van der Waals surface area contributed by atoms with Crippen LogP contribution in [0.3, 0.4) is 0 Å². The molecule has 0 aliphatic carbocycles. The first-order valence-corrected chi connectivity index (χ1v) is 11.0. The molecule has 0 unspecified atom stereocenters. The lowest BCUT2D eigenvalue weighted by Crippen LogP contribution is -2.50. The van der Waals surface area contributed by atoms with Crippen LogP contribution in [0.2, 0.25) is 5.02 Å². The number of hydrogen-bond acceptors (Lipinski definition) is 3. The van der Waals surface area contributed by atoms with Gasteiger partial charge in [0, 0.05) is 21.2 Å². The van der Waals surface area contributed by atoms with Crippen LogP contribution in [-0.4, -0.2) is 35.4 Å². The SMILES string of the molecule is CC[C@H](C)NC(=O)[C@@H](C)N(Cc1ccc(Cl)cc1)C(=O)COc1ccc(I)cc1. The number of carbonyl (C=O) groups excluding carboxylic acids is 2. The minimum Gasteiger partial charge on any atom is -0.484 e. The molecule has 0 aliphatic heterocycles. The fourth-order valence-electron chi connectivity index (χ4n) is 2.59. The number of amides is 2. The predicted octanol–water partition coefficient (Wildman–Crippen LogP) is 4.66. The van der Waals surface area contributed by atoms with E-state index in [-0.39, 0.29) is 24.5 Å². The van der Waals surface area contributed by atoms with Gasteiger partial charge in [0.2, 0.25) is 5.91 Å². The molecule has 0 spiro atoms. The van der Waals surface area contributed by atoms with Crippen molar-refractivity contribution < 1.29 is 14.3 Å². The molecule has 2 aromatic carbocycles. The van der Waals surface area contributed by atoms with E-state index in [1.165, 1.54) is 4.90 Å². The van der Waals surface area contributed by atoms with Crippen LogP contribution in [0.5, 0.6) is 5.75 Å².